The van der Waals surface area contributed by atoms with Gasteiger partial charge in [0, 0.05) is 23.1 Å². The Bertz CT molecular complexity index is 772. The smallest absolute Gasteiger partial charge is 0.267 e. The Morgan fingerprint density at radius 1 is 1.00 bits per heavy atom. The largest absolute Gasteiger partial charge is 0.360 e. The van der Waals surface area contributed by atoms with Crippen LogP contribution in [0.15, 0.2) is 66.4 Å². The number of nitriles is 1. The number of carbonyl (C=O) groups is 2. The molecular formula is C18H15N3O2. The molecule has 0 aromatic heterocycles. The predicted octanol–water partition coefficient (Wildman–Crippen LogP) is 3.35. The highest BCUT2D eigenvalue weighted by Gasteiger charge is 2.09. The summed E-state index contributed by atoms with van der Waals surface area (Å²) in [5, 5.41) is 14.6. The number of para-hydroxylation sites is 1. The molecule has 0 aliphatic carbocycles. The number of hydrogen-bond acceptors (Lipinski definition) is 4. The van der Waals surface area contributed by atoms with Crippen molar-refractivity contribution < 1.29 is 9.59 Å². The molecule has 1 amide bonds. The zero-order valence-corrected chi connectivity index (χ0v) is 12.5. The maximum Gasteiger partial charge on any atom is 0.267 e. The Kier molecular flexibility index (Phi) is 5.26. The number of nitrogens with one attached hydrogen (secondary N) is 2. The van der Waals surface area contributed by atoms with Crippen molar-refractivity contribution in [3.8, 4) is 6.07 Å². The van der Waals surface area contributed by atoms with Gasteiger partial charge in [0.2, 0.25) is 0 Å². The Labute approximate surface area is 134 Å². The summed E-state index contributed by atoms with van der Waals surface area (Å²) in [7, 11) is 0. The van der Waals surface area contributed by atoms with E-state index in [0.717, 1.165) is 0 Å². The average molecular weight is 305 g/mol. The number of carbonyl (C=O) groups excluding carboxylic acids is 2. The first-order chi connectivity index (χ1) is 11.1. The van der Waals surface area contributed by atoms with Crippen LogP contribution in [0.2, 0.25) is 0 Å². The molecule has 2 rings (SSSR count). The molecule has 0 unspecified atom stereocenters. The van der Waals surface area contributed by atoms with E-state index >= 15 is 0 Å². The molecule has 0 bridgehead atoms. The van der Waals surface area contributed by atoms with Crippen molar-refractivity contribution in [1.82, 2.24) is 0 Å². The minimum Gasteiger partial charge on any atom is -0.360 e. The van der Waals surface area contributed by atoms with Crippen molar-refractivity contribution in [3.05, 3.63) is 71.9 Å². The number of ketones is 1. The number of hydrogen-bond donors (Lipinski definition) is 2. The van der Waals surface area contributed by atoms with Gasteiger partial charge in [-0.3, -0.25) is 9.59 Å². The lowest BCUT2D eigenvalue weighted by Gasteiger charge is -2.05. The number of amides is 1. The second-order valence-corrected chi connectivity index (χ2v) is 4.77. The third-order valence-corrected chi connectivity index (χ3v) is 3.07. The van der Waals surface area contributed by atoms with Crippen LogP contribution in [0.4, 0.5) is 11.4 Å². The van der Waals surface area contributed by atoms with E-state index in [1.165, 1.54) is 13.1 Å². The highest BCUT2D eigenvalue weighted by molar-refractivity contribution is 6.06. The van der Waals surface area contributed by atoms with Gasteiger partial charge in [-0.15, -0.1) is 0 Å². The Morgan fingerprint density at radius 3 is 2.22 bits per heavy atom. The molecule has 2 aromatic rings. The van der Waals surface area contributed by atoms with Crippen molar-refractivity contribution >= 4 is 23.1 Å². The minimum absolute atomic E-state index is 0.0213. The fourth-order valence-corrected chi connectivity index (χ4v) is 1.83. The van der Waals surface area contributed by atoms with Crippen LogP contribution in [0.5, 0.6) is 0 Å². The van der Waals surface area contributed by atoms with Crippen molar-refractivity contribution in [3.63, 3.8) is 0 Å². The van der Waals surface area contributed by atoms with Crippen molar-refractivity contribution in [1.29, 1.82) is 5.26 Å². The second kappa shape index (κ2) is 7.57. The SMILES string of the molecule is CC(=O)c1ccc(NC=C(C#N)C(=O)Nc2ccccc2)cc1. The predicted molar refractivity (Wildman–Crippen MR) is 88.8 cm³/mol. The van der Waals surface area contributed by atoms with E-state index in [1.54, 1.807) is 48.5 Å². The van der Waals surface area contributed by atoms with Crippen LogP contribution < -0.4 is 10.6 Å². The summed E-state index contributed by atoms with van der Waals surface area (Å²) < 4.78 is 0. The van der Waals surface area contributed by atoms with Crippen LogP contribution in [-0.2, 0) is 4.79 Å². The van der Waals surface area contributed by atoms with E-state index in [1.807, 2.05) is 12.1 Å². The van der Waals surface area contributed by atoms with E-state index < -0.39 is 5.91 Å². The van der Waals surface area contributed by atoms with E-state index in [9.17, 15) is 9.59 Å². The van der Waals surface area contributed by atoms with Crippen molar-refractivity contribution in [2.75, 3.05) is 10.6 Å². The summed E-state index contributed by atoms with van der Waals surface area (Å²) >= 11 is 0. The van der Waals surface area contributed by atoms with Gasteiger partial charge in [0.15, 0.2) is 5.78 Å². The maximum atomic E-state index is 12.0. The number of benzene rings is 2. The van der Waals surface area contributed by atoms with Crippen LogP contribution >= 0.6 is 0 Å². The highest BCUT2D eigenvalue weighted by Crippen LogP contribution is 2.11. The van der Waals surface area contributed by atoms with Gasteiger partial charge >= 0.3 is 0 Å². The molecule has 5 heteroatoms. The summed E-state index contributed by atoms with van der Waals surface area (Å²) in [5.74, 6) is -0.515. The van der Waals surface area contributed by atoms with Gasteiger partial charge in [-0.1, -0.05) is 18.2 Å². The first-order valence-electron chi connectivity index (χ1n) is 6.94. The van der Waals surface area contributed by atoms with E-state index in [2.05, 4.69) is 10.6 Å². The minimum atomic E-state index is -0.494. The van der Waals surface area contributed by atoms with Gasteiger partial charge in [-0.25, -0.2) is 0 Å². The summed E-state index contributed by atoms with van der Waals surface area (Å²) in [6, 6.07) is 17.5. The molecular weight excluding hydrogens is 290 g/mol. The molecule has 0 heterocycles. The molecule has 114 valence electrons. The lowest BCUT2D eigenvalue weighted by atomic mass is 10.1. The molecule has 0 aliphatic rings. The van der Waals surface area contributed by atoms with Crippen molar-refractivity contribution in [2.24, 2.45) is 0 Å². The molecule has 0 atom stereocenters. The lowest BCUT2D eigenvalue weighted by molar-refractivity contribution is -0.112. The van der Waals surface area contributed by atoms with Gasteiger partial charge in [-0.2, -0.15) is 5.26 Å². The molecule has 0 aliphatic heterocycles. The number of rotatable bonds is 5. The van der Waals surface area contributed by atoms with Crippen LogP contribution in [0.25, 0.3) is 0 Å². The molecule has 2 N–H and O–H groups in total. The maximum absolute atomic E-state index is 12.0. The van der Waals surface area contributed by atoms with Gasteiger partial charge in [0.05, 0.1) is 0 Å². The van der Waals surface area contributed by atoms with Crippen LogP contribution in [0.1, 0.15) is 17.3 Å². The van der Waals surface area contributed by atoms with Crippen LogP contribution in [0.3, 0.4) is 0 Å². The second-order valence-electron chi connectivity index (χ2n) is 4.77. The fraction of sp³-hybridized carbons (Fsp3) is 0.0556. The molecule has 0 radical (unpaired) electrons. The quantitative estimate of drug-likeness (QED) is 0.504. The van der Waals surface area contributed by atoms with Gasteiger partial charge < -0.3 is 10.6 Å². The van der Waals surface area contributed by atoms with Gasteiger partial charge in [0.1, 0.15) is 11.6 Å². The summed E-state index contributed by atoms with van der Waals surface area (Å²) in [6.07, 6.45) is 1.33. The van der Waals surface area contributed by atoms with Gasteiger partial charge in [-0.05, 0) is 43.3 Å². The number of nitrogens with zero attached hydrogens (tertiary/aromatic N) is 1. The first kappa shape index (κ1) is 16.0. The normalized spacial score (nSPS) is 10.5. The molecule has 5 nitrogen and oxygen atoms in total. The monoisotopic (exact) mass is 305 g/mol. The van der Waals surface area contributed by atoms with Crippen molar-refractivity contribution in [2.45, 2.75) is 6.92 Å². The first-order valence-corrected chi connectivity index (χ1v) is 6.94. The van der Waals surface area contributed by atoms with Crippen LogP contribution in [-0.4, -0.2) is 11.7 Å². The molecule has 2 aromatic carbocycles. The Morgan fingerprint density at radius 2 is 1.65 bits per heavy atom. The summed E-state index contributed by atoms with van der Waals surface area (Å²) in [5.41, 5.74) is 1.84. The summed E-state index contributed by atoms with van der Waals surface area (Å²) in [6.45, 7) is 1.49. The molecule has 0 fully saturated rings. The topological polar surface area (TPSA) is 82.0 Å². The zero-order chi connectivity index (χ0) is 16.7. The Hall–Kier alpha value is -3.39. The zero-order valence-electron chi connectivity index (χ0n) is 12.5. The molecule has 0 spiro atoms. The number of Topliss-reactive ketones (excluding diaryl/α,β-unsaturated/α-hetero) is 1. The van der Waals surface area contributed by atoms with E-state index in [4.69, 9.17) is 5.26 Å². The average Bonchev–Trinajstić information content (AvgIpc) is 2.56. The lowest BCUT2D eigenvalue weighted by Crippen LogP contribution is -2.14. The third-order valence-electron chi connectivity index (χ3n) is 3.07. The van der Waals surface area contributed by atoms with Crippen LogP contribution in [0, 0.1) is 11.3 Å². The summed E-state index contributed by atoms with van der Waals surface area (Å²) in [4.78, 5) is 23.2. The van der Waals surface area contributed by atoms with E-state index in [-0.39, 0.29) is 11.4 Å². The molecule has 23 heavy (non-hydrogen) atoms. The standard InChI is InChI=1S/C18H15N3O2/c1-13(22)14-7-9-16(10-8-14)20-12-15(11-19)18(23)21-17-5-3-2-4-6-17/h2-10,12,20H,1H3,(H,21,23). The van der Waals surface area contributed by atoms with E-state index in [0.29, 0.717) is 16.9 Å². The highest BCUT2D eigenvalue weighted by atomic mass is 16.1. The fourth-order valence-electron chi connectivity index (χ4n) is 1.83. The Balaban J connectivity index is 2.05. The number of anilines is 2. The molecule has 0 saturated carbocycles. The third kappa shape index (κ3) is 4.55. The molecule has 0 saturated heterocycles. The van der Waals surface area contributed by atoms with Gasteiger partial charge in [0.25, 0.3) is 5.91 Å².